The second-order valence-corrected chi connectivity index (χ2v) is 4.64. The SMILES string of the molecule is NC1(c2cnccc2C(F)(F)F)CCCCC1. The van der Waals surface area contributed by atoms with E-state index in [-0.39, 0.29) is 5.56 Å². The van der Waals surface area contributed by atoms with Crippen LogP contribution in [-0.4, -0.2) is 4.98 Å². The summed E-state index contributed by atoms with van der Waals surface area (Å²) in [5.74, 6) is 0. The molecule has 94 valence electrons. The van der Waals surface area contributed by atoms with Crippen molar-refractivity contribution in [2.75, 3.05) is 0 Å². The lowest BCUT2D eigenvalue weighted by molar-refractivity contribution is -0.139. The van der Waals surface area contributed by atoms with Crippen molar-refractivity contribution in [1.82, 2.24) is 4.98 Å². The van der Waals surface area contributed by atoms with E-state index in [4.69, 9.17) is 5.73 Å². The Labute approximate surface area is 98.0 Å². The van der Waals surface area contributed by atoms with Crippen molar-refractivity contribution >= 4 is 0 Å². The molecule has 1 aliphatic carbocycles. The van der Waals surface area contributed by atoms with Crippen LogP contribution in [0.1, 0.15) is 43.2 Å². The van der Waals surface area contributed by atoms with Gasteiger partial charge in [0, 0.05) is 23.5 Å². The average molecular weight is 244 g/mol. The molecule has 0 bridgehead atoms. The Hall–Kier alpha value is -1.10. The van der Waals surface area contributed by atoms with Gasteiger partial charge in [-0.1, -0.05) is 19.3 Å². The first-order valence-corrected chi connectivity index (χ1v) is 5.74. The lowest BCUT2D eigenvalue weighted by atomic mass is 9.76. The second-order valence-electron chi connectivity index (χ2n) is 4.64. The molecule has 2 nitrogen and oxygen atoms in total. The molecule has 2 N–H and O–H groups in total. The molecule has 5 heteroatoms. The Morgan fingerprint density at radius 3 is 2.41 bits per heavy atom. The Morgan fingerprint density at radius 2 is 1.82 bits per heavy atom. The normalized spacial score (nSPS) is 20.2. The molecule has 1 saturated carbocycles. The first-order chi connectivity index (χ1) is 7.93. The van der Waals surface area contributed by atoms with E-state index in [9.17, 15) is 13.2 Å². The number of rotatable bonds is 1. The highest BCUT2D eigenvalue weighted by molar-refractivity contribution is 5.33. The van der Waals surface area contributed by atoms with E-state index in [0.29, 0.717) is 12.8 Å². The molecule has 1 fully saturated rings. The number of nitrogens with zero attached hydrogens (tertiary/aromatic N) is 1. The summed E-state index contributed by atoms with van der Waals surface area (Å²) in [5.41, 5.74) is 4.78. The summed E-state index contributed by atoms with van der Waals surface area (Å²) in [6.07, 6.45) is 2.07. The van der Waals surface area contributed by atoms with Gasteiger partial charge in [0.25, 0.3) is 0 Å². The first-order valence-electron chi connectivity index (χ1n) is 5.74. The Kier molecular flexibility index (Phi) is 3.12. The van der Waals surface area contributed by atoms with Gasteiger partial charge in [-0.25, -0.2) is 0 Å². The summed E-state index contributed by atoms with van der Waals surface area (Å²) in [7, 11) is 0. The van der Waals surface area contributed by atoms with Gasteiger partial charge in [0.05, 0.1) is 5.56 Å². The molecule has 0 spiro atoms. The summed E-state index contributed by atoms with van der Waals surface area (Å²) < 4.78 is 38.7. The molecule has 0 aromatic carbocycles. The van der Waals surface area contributed by atoms with Crippen LogP contribution < -0.4 is 5.73 Å². The third kappa shape index (κ3) is 2.44. The van der Waals surface area contributed by atoms with Crippen LogP contribution in [0.15, 0.2) is 18.5 Å². The molecular formula is C12H15F3N2. The first kappa shape index (κ1) is 12.4. The van der Waals surface area contributed by atoms with E-state index in [0.717, 1.165) is 25.3 Å². The fraction of sp³-hybridized carbons (Fsp3) is 0.583. The van der Waals surface area contributed by atoms with Crippen LogP contribution in [0, 0.1) is 0 Å². The van der Waals surface area contributed by atoms with Gasteiger partial charge in [0.1, 0.15) is 0 Å². The maximum absolute atomic E-state index is 12.9. The summed E-state index contributed by atoms with van der Waals surface area (Å²) in [6.45, 7) is 0. The molecule has 0 amide bonds. The molecule has 1 aromatic rings. The summed E-state index contributed by atoms with van der Waals surface area (Å²) in [5, 5.41) is 0. The summed E-state index contributed by atoms with van der Waals surface area (Å²) in [6, 6.07) is 1.01. The summed E-state index contributed by atoms with van der Waals surface area (Å²) in [4.78, 5) is 3.80. The summed E-state index contributed by atoms with van der Waals surface area (Å²) >= 11 is 0. The molecular weight excluding hydrogens is 229 g/mol. The Bertz CT molecular complexity index is 395. The van der Waals surface area contributed by atoms with Crippen molar-refractivity contribution in [3.63, 3.8) is 0 Å². The van der Waals surface area contributed by atoms with Crippen LogP contribution in [0.25, 0.3) is 0 Å². The maximum atomic E-state index is 12.9. The van der Waals surface area contributed by atoms with Crippen LogP contribution in [0.2, 0.25) is 0 Å². The molecule has 1 aromatic heterocycles. The van der Waals surface area contributed by atoms with Crippen molar-refractivity contribution < 1.29 is 13.2 Å². The largest absolute Gasteiger partial charge is 0.416 e. The highest BCUT2D eigenvalue weighted by atomic mass is 19.4. The number of alkyl halides is 3. The Morgan fingerprint density at radius 1 is 1.18 bits per heavy atom. The van der Waals surface area contributed by atoms with Crippen LogP contribution in [0.4, 0.5) is 13.2 Å². The quantitative estimate of drug-likeness (QED) is 0.823. The third-order valence-corrected chi connectivity index (χ3v) is 3.41. The maximum Gasteiger partial charge on any atom is 0.416 e. The minimum Gasteiger partial charge on any atom is -0.321 e. The molecule has 1 aliphatic rings. The van der Waals surface area contributed by atoms with E-state index in [1.807, 2.05) is 0 Å². The van der Waals surface area contributed by atoms with E-state index in [1.54, 1.807) is 0 Å². The van der Waals surface area contributed by atoms with Crippen molar-refractivity contribution in [3.8, 4) is 0 Å². The monoisotopic (exact) mass is 244 g/mol. The van der Waals surface area contributed by atoms with Crippen molar-refractivity contribution in [3.05, 3.63) is 29.6 Å². The lowest BCUT2D eigenvalue weighted by Gasteiger charge is -2.35. The molecule has 2 rings (SSSR count). The number of halogens is 3. The van der Waals surface area contributed by atoms with Gasteiger partial charge in [-0.15, -0.1) is 0 Å². The number of aromatic nitrogens is 1. The minimum atomic E-state index is -4.36. The smallest absolute Gasteiger partial charge is 0.321 e. The van der Waals surface area contributed by atoms with Gasteiger partial charge in [-0.05, 0) is 18.9 Å². The zero-order valence-corrected chi connectivity index (χ0v) is 9.43. The zero-order chi connectivity index (χ0) is 12.5. The molecule has 0 atom stereocenters. The number of pyridine rings is 1. The van der Waals surface area contributed by atoms with Gasteiger partial charge in [-0.3, -0.25) is 4.98 Å². The fourth-order valence-electron chi connectivity index (χ4n) is 2.49. The number of hydrogen-bond donors (Lipinski definition) is 1. The van der Waals surface area contributed by atoms with Crippen LogP contribution in [0.5, 0.6) is 0 Å². The zero-order valence-electron chi connectivity index (χ0n) is 9.43. The molecule has 0 saturated heterocycles. The highest BCUT2D eigenvalue weighted by Gasteiger charge is 2.40. The molecule has 0 aliphatic heterocycles. The fourth-order valence-corrected chi connectivity index (χ4v) is 2.49. The van der Waals surface area contributed by atoms with Crippen LogP contribution in [0.3, 0.4) is 0 Å². The Balaban J connectivity index is 2.44. The number of hydrogen-bond acceptors (Lipinski definition) is 2. The lowest BCUT2D eigenvalue weighted by Crippen LogP contribution is -2.40. The average Bonchev–Trinajstić information content (AvgIpc) is 2.29. The standard InChI is InChI=1S/C12H15F3N2/c13-12(14,15)9-4-7-17-8-10(9)11(16)5-2-1-3-6-11/h4,7-8H,1-3,5-6,16H2. The molecule has 1 heterocycles. The van der Waals surface area contributed by atoms with Crippen molar-refractivity contribution in [2.24, 2.45) is 5.73 Å². The number of nitrogens with two attached hydrogens (primary N) is 1. The highest BCUT2D eigenvalue weighted by Crippen LogP contribution is 2.41. The van der Waals surface area contributed by atoms with Gasteiger partial charge < -0.3 is 5.73 Å². The van der Waals surface area contributed by atoms with Gasteiger partial charge in [0.2, 0.25) is 0 Å². The van der Waals surface area contributed by atoms with E-state index >= 15 is 0 Å². The van der Waals surface area contributed by atoms with E-state index in [2.05, 4.69) is 4.98 Å². The van der Waals surface area contributed by atoms with Crippen molar-refractivity contribution in [2.45, 2.75) is 43.8 Å². The predicted octanol–water partition coefficient (Wildman–Crippen LogP) is 3.22. The van der Waals surface area contributed by atoms with Gasteiger partial charge in [0.15, 0.2) is 0 Å². The van der Waals surface area contributed by atoms with Crippen LogP contribution in [-0.2, 0) is 11.7 Å². The predicted molar refractivity (Wildman–Crippen MR) is 58.2 cm³/mol. The third-order valence-electron chi connectivity index (χ3n) is 3.41. The van der Waals surface area contributed by atoms with Crippen molar-refractivity contribution in [1.29, 1.82) is 0 Å². The van der Waals surface area contributed by atoms with E-state index in [1.165, 1.54) is 12.4 Å². The molecule has 0 radical (unpaired) electrons. The molecule has 0 unspecified atom stereocenters. The van der Waals surface area contributed by atoms with Gasteiger partial charge >= 0.3 is 6.18 Å². The van der Waals surface area contributed by atoms with Crippen LogP contribution >= 0.6 is 0 Å². The van der Waals surface area contributed by atoms with Gasteiger partial charge in [-0.2, -0.15) is 13.2 Å². The minimum absolute atomic E-state index is 0.146. The topological polar surface area (TPSA) is 38.9 Å². The second kappa shape index (κ2) is 4.29. The molecule has 17 heavy (non-hydrogen) atoms. The van der Waals surface area contributed by atoms with E-state index < -0.39 is 17.3 Å².